The number of ether oxygens (including phenoxy) is 1. The number of carbonyl (C=O) groups is 1. The summed E-state index contributed by atoms with van der Waals surface area (Å²) in [4.78, 5) is 10.7. The van der Waals surface area contributed by atoms with Gasteiger partial charge in [-0.2, -0.15) is 0 Å². The molecule has 0 heterocycles. The molecule has 94 valence electrons. The Morgan fingerprint density at radius 1 is 1.24 bits per heavy atom. The summed E-state index contributed by atoms with van der Waals surface area (Å²) in [6, 6.07) is 9.14. The molecule has 3 atom stereocenters. The quantitative estimate of drug-likeness (QED) is 0.558. The first-order valence-electron chi connectivity index (χ1n) is 5.27. The summed E-state index contributed by atoms with van der Waals surface area (Å²) in [5.74, 6) is 0. The van der Waals surface area contributed by atoms with Gasteiger partial charge in [0.15, 0.2) is 6.29 Å². The highest BCUT2D eigenvalue weighted by atomic mass is 16.5. The monoisotopic (exact) mass is 240 g/mol. The van der Waals surface area contributed by atoms with Crippen molar-refractivity contribution in [1.29, 1.82) is 0 Å². The van der Waals surface area contributed by atoms with E-state index in [1.807, 2.05) is 30.3 Å². The van der Waals surface area contributed by atoms with Crippen LogP contribution in [0.3, 0.4) is 0 Å². The van der Waals surface area contributed by atoms with Gasteiger partial charge in [-0.25, -0.2) is 0 Å². The van der Waals surface area contributed by atoms with Crippen molar-refractivity contribution in [2.75, 3.05) is 6.61 Å². The summed E-state index contributed by atoms with van der Waals surface area (Å²) in [5.41, 5.74) is 0.852. The molecule has 0 bridgehead atoms. The second kappa shape index (κ2) is 7.13. The third-order valence-corrected chi connectivity index (χ3v) is 2.34. The molecule has 3 N–H and O–H groups in total. The van der Waals surface area contributed by atoms with Crippen molar-refractivity contribution in [2.24, 2.45) is 0 Å². The van der Waals surface area contributed by atoms with Gasteiger partial charge in [0, 0.05) is 0 Å². The summed E-state index contributed by atoms with van der Waals surface area (Å²) in [5, 5.41) is 27.3. The predicted octanol–water partition coefficient (Wildman–Crippen LogP) is -0.515. The minimum atomic E-state index is -1.43. The zero-order chi connectivity index (χ0) is 12.7. The van der Waals surface area contributed by atoms with Crippen molar-refractivity contribution >= 4 is 6.29 Å². The number of hydrogen-bond acceptors (Lipinski definition) is 5. The van der Waals surface area contributed by atoms with Crippen molar-refractivity contribution in [2.45, 2.75) is 24.9 Å². The fourth-order valence-corrected chi connectivity index (χ4v) is 1.31. The average molecular weight is 240 g/mol. The van der Waals surface area contributed by atoms with Crippen LogP contribution in [0.25, 0.3) is 0 Å². The van der Waals surface area contributed by atoms with Gasteiger partial charge in [-0.3, -0.25) is 0 Å². The number of rotatable bonds is 7. The number of carbonyl (C=O) groups excluding carboxylic acids is 1. The first kappa shape index (κ1) is 13.8. The Bertz CT molecular complexity index is 327. The Kier molecular flexibility index (Phi) is 5.79. The van der Waals surface area contributed by atoms with E-state index in [1.165, 1.54) is 0 Å². The molecule has 0 fully saturated rings. The zero-order valence-corrected chi connectivity index (χ0v) is 9.27. The topological polar surface area (TPSA) is 87.0 Å². The number of aliphatic hydroxyl groups excluding tert-OH is 3. The molecule has 0 aliphatic carbocycles. The minimum absolute atomic E-state index is 0.152. The van der Waals surface area contributed by atoms with E-state index in [0.717, 1.165) is 5.56 Å². The highest BCUT2D eigenvalue weighted by molar-refractivity contribution is 5.57. The van der Waals surface area contributed by atoms with Gasteiger partial charge in [0.1, 0.15) is 18.3 Å². The van der Waals surface area contributed by atoms with Gasteiger partial charge >= 0.3 is 0 Å². The lowest BCUT2D eigenvalue weighted by Crippen LogP contribution is -2.41. The molecule has 17 heavy (non-hydrogen) atoms. The van der Waals surface area contributed by atoms with Crippen LogP contribution >= 0.6 is 0 Å². The summed E-state index contributed by atoms with van der Waals surface area (Å²) in [6.07, 6.45) is -3.56. The van der Waals surface area contributed by atoms with Crippen LogP contribution in [0.4, 0.5) is 0 Å². The van der Waals surface area contributed by atoms with E-state index in [0.29, 0.717) is 6.29 Å². The molecule has 0 saturated carbocycles. The van der Waals surface area contributed by atoms with E-state index in [9.17, 15) is 15.0 Å². The van der Waals surface area contributed by atoms with Gasteiger partial charge in [-0.05, 0) is 5.56 Å². The van der Waals surface area contributed by atoms with Crippen molar-refractivity contribution in [1.82, 2.24) is 0 Å². The number of aliphatic hydroxyl groups is 3. The van der Waals surface area contributed by atoms with E-state index >= 15 is 0 Å². The van der Waals surface area contributed by atoms with Crippen molar-refractivity contribution in [3.8, 4) is 0 Å². The molecule has 1 rings (SSSR count). The van der Waals surface area contributed by atoms with Crippen LogP contribution in [-0.4, -0.2) is 46.5 Å². The number of aldehydes is 1. The Balaban J connectivity index is 2.50. The van der Waals surface area contributed by atoms with Crippen LogP contribution in [0.5, 0.6) is 0 Å². The van der Waals surface area contributed by atoms with Crippen LogP contribution in [-0.2, 0) is 16.1 Å². The SMILES string of the molecule is O=C[C@@H](OCc1ccccc1)[C@H](O)[C@H](O)CO. The molecule has 0 aliphatic rings. The van der Waals surface area contributed by atoms with E-state index in [1.54, 1.807) is 0 Å². The van der Waals surface area contributed by atoms with Crippen molar-refractivity contribution in [3.05, 3.63) is 35.9 Å². The zero-order valence-electron chi connectivity index (χ0n) is 9.27. The van der Waals surface area contributed by atoms with Gasteiger partial charge in [-0.15, -0.1) is 0 Å². The first-order chi connectivity index (χ1) is 8.19. The maximum absolute atomic E-state index is 10.7. The molecular formula is C12H16O5. The molecule has 0 aliphatic heterocycles. The predicted molar refractivity (Wildman–Crippen MR) is 60.2 cm³/mol. The Morgan fingerprint density at radius 3 is 2.41 bits per heavy atom. The van der Waals surface area contributed by atoms with Crippen LogP contribution in [0.15, 0.2) is 30.3 Å². The van der Waals surface area contributed by atoms with Crippen molar-refractivity contribution in [3.63, 3.8) is 0 Å². The second-order valence-corrected chi connectivity index (χ2v) is 3.64. The normalized spacial score (nSPS) is 16.2. The summed E-state index contributed by atoms with van der Waals surface area (Å²) in [6.45, 7) is -0.473. The van der Waals surface area contributed by atoms with E-state index < -0.39 is 24.9 Å². The van der Waals surface area contributed by atoms with Gasteiger partial charge in [0.25, 0.3) is 0 Å². The van der Waals surface area contributed by atoms with Crippen LogP contribution in [0.1, 0.15) is 5.56 Å². The number of hydrogen-bond donors (Lipinski definition) is 3. The van der Waals surface area contributed by atoms with Gasteiger partial charge in [0.2, 0.25) is 0 Å². The lowest BCUT2D eigenvalue weighted by molar-refractivity contribution is -0.138. The molecule has 0 spiro atoms. The second-order valence-electron chi connectivity index (χ2n) is 3.64. The average Bonchev–Trinajstić information content (AvgIpc) is 2.39. The Labute approximate surface area is 99.3 Å². The molecule has 0 radical (unpaired) electrons. The minimum Gasteiger partial charge on any atom is -0.394 e. The highest BCUT2D eigenvalue weighted by Gasteiger charge is 2.26. The number of benzene rings is 1. The first-order valence-corrected chi connectivity index (χ1v) is 5.27. The molecule has 0 amide bonds. The summed E-state index contributed by atoms with van der Waals surface area (Å²) < 4.78 is 5.17. The molecule has 5 nitrogen and oxygen atoms in total. The highest BCUT2D eigenvalue weighted by Crippen LogP contribution is 2.07. The molecule has 1 aromatic rings. The fourth-order valence-electron chi connectivity index (χ4n) is 1.31. The van der Waals surface area contributed by atoms with Crippen molar-refractivity contribution < 1.29 is 24.9 Å². The molecule has 1 aromatic carbocycles. The maximum Gasteiger partial charge on any atom is 0.151 e. The summed E-state index contributed by atoms with van der Waals surface area (Å²) >= 11 is 0. The van der Waals surface area contributed by atoms with Crippen LogP contribution in [0.2, 0.25) is 0 Å². The lowest BCUT2D eigenvalue weighted by atomic mass is 10.1. The lowest BCUT2D eigenvalue weighted by Gasteiger charge is -2.21. The van der Waals surface area contributed by atoms with Gasteiger partial charge in [-0.1, -0.05) is 30.3 Å². The molecule has 0 saturated heterocycles. The third kappa shape index (κ3) is 4.24. The Morgan fingerprint density at radius 2 is 1.88 bits per heavy atom. The third-order valence-electron chi connectivity index (χ3n) is 2.34. The molecule has 0 unspecified atom stereocenters. The standard InChI is InChI=1S/C12H16O5/c13-6-10(15)12(16)11(7-14)17-8-9-4-2-1-3-5-9/h1-5,7,10-13,15-16H,6,8H2/t10-,11-,12-/m1/s1. The van der Waals surface area contributed by atoms with Gasteiger partial charge < -0.3 is 24.9 Å². The van der Waals surface area contributed by atoms with E-state index in [2.05, 4.69) is 0 Å². The van der Waals surface area contributed by atoms with Gasteiger partial charge in [0.05, 0.1) is 13.2 Å². The Hall–Kier alpha value is -1.27. The van der Waals surface area contributed by atoms with E-state index in [-0.39, 0.29) is 6.61 Å². The van der Waals surface area contributed by atoms with E-state index in [4.69, 9.17) is 9.84 Å². The van der Waals surface area contributed by atoms with Crippen LogP contribution in [0, 0.1) is 0 Å². The maximum atomic E-state index is 10.7. The van der Waals surface area contributed by atoms with Crippen LogP contribution < -0.4 is 0 Å². The molecule has 0 aromatic heterocycles. The largest absolute Gasteiger partial charge is 0.394 e. The fraction of sp³-hybridized carbons (Fsp3) is 0.417. The smallest absolute Gasteiger partial charge is 0.151 e. The molecule has 5 heteroatoms. The summed E-state index contributed by atoms with van der Waals surface area (Å²) in [7, 11) is 0. The molecular weight excluding hydrogens is 224 g/mol.